The summed E-state index contributed by atoms with van der Waals surface area (Å²) in [6.45, 7) is 3.46. The number of carbonyl (C=O) groups is 1. The molecular weight excluding hydrogens is 342 g/mol. The lowest BCUT2D eigenvalue weighted by molar-refractivity contribution is 0.101. The number of thiophene rings is 1. The van der Waals surface area contributed by atoms with E-state index in [0.717, 1.165) is 42.5 Å². The third-order valence-electron chi connectivity index (χ3n) is 4.28. The van der Waals surface area contributed by atoms with Crippen LogP contribution in [0.4, 0.5) is 0 Å². The Hall–Kier alpha value is -1.93. The van der Waals surface area contributed by atoms with Gasteiger partial charge in [0.1, 0.15) is 0 Å². The Kier molecular flexibility index (Phi) is 7.59. The van der Waals surface area contributed by atoms with Crippen LogP contribution < -0.4 is 5.73 Å². The molecule has 2 aromatic rings. The Balaban J connectivity index is 1.78. The molecule has 0 fully saturated rings. The smallest absolute Gasteiger partial charge is 0.159 e. The summed E-state index contributed by atoms with van der Waals surface area (Å²) >= 11 is 1.70. The van der Waals surface area contributed by atoms with E-state index >= 15 is 0 Å². The van der Waals surface area contributed by atoms with E-state index in [-0.39, 0.29) is 12.4 Å². The first kappa shape index (κ1) is 20.4. The van der Waals surface area contributed by atoms with Crippen molar-refractivity contribution in [3.63, 3.8) is 0 Å². The Morgan fingerprint density at radius 2 is 2.08 bits per heavy atom. The molecule has 1 unspecified atom stereocenters. The van der Waals surface area contributed by atoms with Crippen LogP contribution in [-0.4, -0.2) is 23.0 Å². The second-order valence-corrected chi connectivity index (χ2v) is 8.16. The van der Waals surface area contributed by atoms with Crippen LogP contribution in [0.5, 0.6) is 0 Å². The minimum Gasteiger partial charge on any atom is -0.394 e. The highest BCUT2D eigenvalue weighted by molar-refractivity contribution is 7.12. The fraction of sp³-hybridized carbons (Fsp3) is 0.409. The summed E-state index contributed by atoms with van der Waals surface area (Å²) < 4.78 is 0. The van der Waals surface area contributed by atoms with Gasteiger partial charge in [-0.1, -0.05) is 30.0 Å². The summed E-state index contributed by atoms with van der Waals surface area (Å²) in [7, 11) is 0. The lowest BCUT2D eigenvalue weighted by Gasteiger charge is -2.20. The van der Waals surface area contributed by atoms with Gasteiger partial charge in [0.05, 0.1) is 11.5 Å². The molecule has 0 radical (unpaired) electrons. The molecule has 0 saturated carbocycles. The average Bonchev–Trinajstić information content (AvgIpc) is 3.08. The number of nitrogens with two attached hydrogens (primary N) is 1. The fourth-order valence-corrected chi connectivity index (χ4v) is 3.43. The number of aryl methyl sites for hydroxylation is 2. The SMILES string of the molecule is CC(=O)c1cccc(CCCC#Cc2ccc(CCC(C)(N)CO)s2)c1. The first-order valence-corrected chi connectivity index (χ1v) is 9.78. The molecule has 0 spiro atoms. The number of rotatable bonds is 8. The van der Waals surface area contributed by atoms with Crippen molar-refractivity contribution in [1.29, 1.82) is 0 Å². The highest BCUT2D eigenvalue weighted by atomic mass is 32.1. The van der Waals surface area contributed by atoms with E-state index in [0.29, 0.717) is 0 Å². The van der Waals surface area contributed by atoms with Crippen molar-refractivity contribution in [2.45, 2.75) is 51.5 Å². The molecule has 0 aliphatic carbocycles. The number of carbonyl (C=O) groups excluding carboxylic acids is 1. The number of unbranched alkanes of at least 4 members (excludes halogenated alkanes) is 1. The van der Waals surface area contributed by atoms with E-state index in [1.165, 1.54) is 10.4 Å². The standard InChI is InChI=1S/C22H27NO2S/c1-17(25)19-9-6-8-18(15-19)7-4-3-5-10-20-11-12-21(26-20)13-14-22(2,23)16-24/h6,8-9,11-12,15,24H,3-4,7,13-14,16,23H2,1-2H3. The van der Waals surface area contributed by atoms with Gasteiger partial charge < -0.3 is 10.8 Å². The Bertz CT molecular complexity index is 796. The van der Waals surface area contributed by atoms with Crippen molar-refractivity contribution in [3.8, 4) is 11.8 Å². The third-order valence-corrected chi connectivity index (χ3v) is 5.34. The minimum atomic E-state index is -0.518. The van der Waals surface area contributed by atoms with Gasteiger partial charge in [-0.15, -0.1) is 11.3 Å². The fourth-order valence-electron chi connectivity index (χ4n) is 2.54. The van der Waals surface area contributed by atoms with Crippen LogP contribution in [0, 0.1) is 11.8 Å². The molecule has 3 N–H and O–H groups in total. The lowest BCUT2D eigenvalue weighted by Crippen LogP contribution is -2.40. The van der Waals surface area contributed by atoms with Crippen molar-refractivity contribution in [1.82, 2.24) is 0 Å². The summed E-state index contributed by atoms with van der Waals surface area (Å²) in [5.41, 5.74) is 7.41. The maximum absolute atomic E-state index is 11.4. The first-order valence-electron chi connectivity index (χ1n) is 8.97. The third kappa shape index (κ3) is 6.76. The molecular formula is C22H27NO2S. The summed E-state index contributed by atoms with van der Waals surface area (Å²) in [6, 6.07) is 12.0. The summed E-state index contributed by atoms with van der Waals surface area (Å²) in [4.78, 5) is 13.7. The number of benzene rings is 1. The van der Waals surface area contributed by atoms with Crippen molar-refractivity contribution in [3.05, 3.63) is 57.3 Å². The van der Waals surface area contributed by atoms with Gasteiger partial charge in [0.25, 0.3) is 0 Å². The van der Waals surface area contributed by atoms with Crippen molar-refractivity contribution >= 4 is 17.1 Å². The largest absolute Gasteiger partial charge is 0.394 e. The number of Topliss-reactive ketones (excluding diaryl/α,β-unsaturated/α-hetero) is 1. The highest BCUT2D eigenvalue weighted by Crippen LogP contribution is 2.19. The van der Waals surface area contributed by atoms with Gasteiger partial charge in [0.2, 0.25) is 0 Å². The predicted molar refractivity (Wildman–Crippen MR) is 109 cm³/mol. The van der Waals surface area contributed by atoms with Crippen LogP contribution >= 0.6 is 11.3 Å². The van der Waals surface area contributed by atoms with E-state index < -0.39 is 5.54 Å². The molecule has 1 atom stereocenters. The monoisotopic (exact) mass is 369 g/mol. The number of hydrogen-bond donors (Lipinski definition) is 2. The summed E-state index contributed by atoms with van der Waals surface area (Å²) in [5.74, 6) is 6.57. The quantitative estimate of drug-likeness (QED) is 0.420. The maximum Gasteiger partial charge on any atom is 0.159 e. The van der Waals surface area contributed by atoms with Crippen molar-refractivity contribution < 1.29 is 9.90 Å². The van der Waals surface area contributed by atoms with E-state index in [1.807, 2.05) is 25.1 Å². The van der Waals surface area contributed by atoms with Gasteiger partial charge in [-0.3, -0.25) is 4.79 Å². The maximum atomic E-state index is 11.4. The molecule has 1 aromatic heterocycles. The second-order valence-electron chi connectivity index (χ2n) is 6.99. The molecule has 0 aliphatic rings. The molecule has 138 valence electrons. The Morgan fingerprint density at radius 1 is 1.27 bits per heavy atom. The van der Waals surface area contributed by atoms with Crippen LogP contribution in [0.15, 0.2) is 36.4 Å². The number of hydrogen-bond acceptors (Lipinski definition) is 4. The molecule has 0 amide bonds. The second kappa shape index (κ2) is 9.68. The van der Waals surface area contributed by atoms with Crippen LogP contribution in [0.2, 0.25) is 0 Å². The zero-order valence-electron chi connectivity index (χ0n) is 15.5. The zero-order valence-corrected chi connectivity index (χ0v) is 16.4. The van der Waals surface area contributed by atoms with Gasteiger partial charge in [0.15, 0.2) is 5.78 Å². The van der Waals surface area contributed by atoms with E-state index in [1.54, 1.807) is 18.3 Å². The lowest BCUT2D eigenvalue weighted by atomic mass is 9.98. The summed E-state index contributed by atoms with van der Waals surface area (Å²) in [5, 5.41) is 9.21. The van der Waals surface area contributed by atoms with Gasteiger partial charge in [-0.2, -0.15) is 0 Å². The van der Waals surface area contributed by atoms with Gasteiger partial charge >= 0.3 is 0 Å². The molecule has 2 rings (SSSR count). The highest BCUT2D eigenvalue weighted by Gasteiger charge is 2.16. The topological polar surface area (TPSA) is 63.3 Å². The number of aliphatic hydroxyl groups excluding tert-OH is 1. The van der Waals surface area contributed by atoms with Gasteiger partial charge in [0, 0.05) is 22.4 Å². The minimum absolute atomic E-state index is 0.000359. The molecule has 26 heavy (non-hydrogen) atoms. The molecule has 1 aromatic carbocycles. The normalized spacial score (nSPS) is 12.9. The zero-order chi connectivity index (χ0) is 19.0. The summed E-state index contributed by atoms with van der Waals surface area (Å²) in [6.07, 6.45) is 4.38. The van der Waals surface area contributed by atoms with Crippen molar-refractivity contribution in [2.75, 3.05) is 6.61 Å². The molecule has 1 heterocycles. The van der Waals surface area contributed by atoms with Crippen LogP contribution in [0.25, 0.3) is 0 Å². The average molecular weight is 370 g/mol. The Morgan fingerprint density at radius 3 is 2.81 bits per heavy atom. The van der Waals surface area contributed by atoms with Crippen LogP contribution in [0.3, 0.4) is 0 Å². The van der Waals surface area contributed by atoms with Crippen molar-refractivity contribution in [2.24, 2.45) is 5.73 Å². The molecule has 3 nitrogen and oxygen atoms in total. The van der Waals surface area contributed by atoms with E-state index in [4.69, 9.17) is 5.73 Å². The number of aliphatic hydroxyl groups is 1. The van der Waals surface area contributed by atoms with Crippen LogP contribution in [-0.2, 0) is 12.8 Å². The molecule has 0 aliphatic heterocycles. The van der Waals surface area contributed by atoms with Crippen LogP contribution in [0.1, 0.15) is 58.8 Å². The Labute approximate surface area is 160 Å². The van der Waals surface area contributed by atoms with E-state index in [2.05, 4.69) is 30.0 Å². The van der Waals surface area contributed by atoms with E-state index in [9.17, 15) is 9.90 Å². The first-order chi connectivity index (χ1) is 12.4. The van der Waals surface area contributed by atoms with Gasteiger partial charge in [-0.05, 0) is 63.3 Å². The molecule has 0 bridgehead atoms. The molecule has 4 heteroatoms. The van der Waals surface area contributed by atoms with Gasteiger partial charge in [-0.25, -0.2) is 0 Å². The predicted octanol–water partition coefficient (Wildman–Crippen LogP) is 3.97. The number of ketones is 1. The molecule has 0 saturated heterocycles.